The molecule has 168 valence electrons. The zero-order valence-corrected chi connectivity index (χ0v) is 20.5. The number of aromatic hydroxyl groups is 1. The van der Waals surface area contributed by atoms with E-state index in [1.54, 1.807) is 6.08 Å². The van der Waals surface area contributed by atoms with Gasteiger partial charge in [-0.15, -0.1) is 0 Å². The number of quaternary nitrogens is 1. The van der Waals surface area contributed by atoms with Gasteiger partial charge in [0.25, 0.3) is 5.24 Å². The fraction of sp³-hybridized carbons (Fsp3) is 0.565. The van der Waals surface area contributed by atoms with E-state index in [4.69, 9.17) is 5.11 Å². The van der Waals surface area contributed by atoms with Crippen LogP contribution in [0.3, 0.4) is 0 Å². The number of phenols is 1. The fourth-order valence-electron chi connectivity index (χ4n) is 2.77. The number of rotatable bonds is 3. The number of carbonyl (C=O) groups excluding carboxylic acids is 2. The first-order chi connectivity index (χ1) is 13.5. The van der Waals surface area contributed by atoms with Gasteiger partial charge in [0.05, 0.1) is 33.4 Å². The number of benzene rings is 1. The highest BCUT2D eigenvalue weighted by Crippen LogP contribution is 2.40. The summed E-state index contributed by atoms with van der Waals surface area (Å²) in [6.45, 7) is 13.3. The Morgan fingerprint density at radius 2 is 1.47 bits per heavy atom. The largest absolute Gasteiger partial charge is 0.507 e. The molecule has 1 amide bonds. The number of aliphatic hydroxyl groups excluding tert-OH is 1. The Morgan fingerprint density at radius 1 is 1.00 bits per heavy atom. The highest BCUT2D eigenvalue weighted by molar-refractivity contribution is 8.27. The summed E-state index contributed by atoms with van der Waals surface area (Å²) in [4.78, 5) is 23.1. The molecule has 1 saturated heterocycles. The molecule has 7 heteroatoms. The van der Waals surface area contributed by atoms with Crippen molar-refractivity contribution in [2.75, 3.05) is 34.3 Å². The van der Waals surface area contributed by atoms with E-state index in [-0.39, 0.29) is 33.5 Å². The van der Waals surface area contributed by atoms with Crippen molar-refractivity contribution < 1.29 is 24.3 Å². The summed E-state index contributed by atoms with van der Waals surface area (Å²) in [5.74, 6) is 0.295. The van der Waals surface area contributed by atoms with E-state index < -0.39 is 0 Å². The molecule has 0 atom stereocenters. The minimum absolute atomic E-state index is 0.240. The molecule has 30 heavy (non-hydrogen) atoms. The predicted molar refractivity (Wildman–Crippen MR) is 125 cm³/mol. The average molecular weight is 438 g/mol. The summed E-state index contributed by atoms with van der Waals surface area (Å²) in [7, 11) is 6.16. The Labute approximate surface area is 185 Å². The molecule has 1 aliphatic rings. The Balaban J connectivity index is 0.000000553. The predicted octanol–water partition coefficient (Wildman–Crippen LogP) is 4.00. The Morgan fingerprint density at radius 3 is 1.73 bits per heavy atom. The minimum atomic E-state index is -0.355. The first-order valence-electron chi connectivity index (χ1n) is 10.00. The number of hydrogen-bond donors (Lipinski definition) is 3. The monoisotopic (exact) mass is 437 g/mol. The number of aliphatic hydroxyl groups is 1. The summed E-state index contributed by atoms with van der Waals surface area (Å²) < 4.78 is 0.844. The molecule has 0 radical (unpaired) electrons. The average Bonchev–Trinajstić information content (AvgIpc) is 2.83. The van der Waals surface area contributed by atoms with Crippen LogP contribution in [0.2, 0.25) is 0 Å². The van der Waals surface area contributed by atoms with Crippen LogP contribution in [0.4, 0.5) is 4.79 Å². The molecule has 0 aliphatic carbocycles. The molecule has 0 unspecified atom stereocenters. The van der Waals surface area contributed by atoms with Gasteiger partial charge in [-0.1, -0.05) is 41.5 Å². The quantitative estimate of drug-likeness (QED) is 0.492. The zero-order chi connectivity index (χ0) is 23.5. The Bertz CT molecular complexity index is 790. The van der Waals surface area contributed by atoms with Crippen LogP contribution in [0.15, 0.2) is 17.8 Å². The van der Waals surface area contributed by atoms with Crippen molar-refractivity contribution in [3.8, 4) is 5.75 Å². The maximum absolute atomic E-state index is 11.8. The number of carbonyl (C=O) groups is 2. The molecule has 3 N–H and O–H groups in total. The standard InChI is InChI=1S/C18H23NO3S.C5H14NO/c1-17(2,3)11-7-10(8-12(14(11)20)18(4,5)6)9-13-15(21)23-16(22)19-13;1-6(2,3)4-5-7/h7-9,20H,1-6H3,(H,19,22);7H,4-5H2,1-3H3/q;+1. The van der Waals surface area contributed by atoms with E-state index >= 15 is 0 Å². The molecule has 1 aromatic rings. The highest BCUT2D eigenvalue weighted by Gasteiger charge is 2.28. The molecule has 6 nitrogen and oxygen atoms in total. The van der Waals surface area contributed by atoms with Gasteiger partial charge < -0.3 is 20.0 Å². The fourth-order valence-corrected chi connectivity index (χ4v) is 3.32. The lowest BCUT2D eigenvalue weighted by molar-refractivity contribution is -0.870. The molecule has 1 heterocycles. The zero-order valence-electron chi connectivity index (χ0n) is 19.7. The second kappa shape index (κ2) is 9.54. The van der Waals surface area contributed by atoms with E-state index in [2.05, 4.69) is 26.5 Å². The van der Waals surface area contributed by atoms with Crippen LogP contribution in [0, 0.1) is 0 Å². The smallest absolute Gasteiger partial charge is 0.291 e. The molecule has 1 aromatic carbocycles. The second-order valence-corrected chi connectivity index (χ2v) is 11.5. The molecule has 0 aromatic heterocycles. The van der Waals surface area contributed by atoms with Gasteiger partial charge in [0.15, 0.2) is 0 Å². The third kappa shape index (κ3) is 7.78. The van der Waals surface area contributed by atoms with Crippen molar-refractivity contribution in [1.82, 2.24) is 5.32 Å². The van der Waals surface area contributed by atoms with Crippen molar-refractivity contribution in [3.63, 3.8) is 0 Å². The van der Waals surface area contributed by atoms with E-state index in [0.717, 1.165) is 27.7 Å². The Hall–Kier alpha value is -1.83. The highest BCUT2D eigenvalue weighted by atomic mass is 32.2. The normalized spacial score (nSPS) is 16.4. The van der Waals surface area contributed by atoms with Gasteiger partial charge in [0.2, 0.25) is 5.12 Å². The molecule has 1 aliphatic heterocycles. The SMILES string of the molecule is CC(C)(C)c1cc(C=C2NC(=O)SC2=O)cc(C(C)(C)C)c1O.C[N+](C)(C)CCO. The molecular formula is C23H37N2O4S+. The van der Waals surface area contributed by atoms with Crippen molar-refractivity contribution in [2.24, 2.45) is 0 Å². The molecular weight excluding hydrogens is 400 g/mol. The van der Waals surface area contributed by atoms with Gasteiger partial charge in [-0.2, -0.15) is 0 Å². The number of amides is 1. The van der Waals surface area contributed by atoms with Crippen LogP contribution in [0.5, 0.6) is 5.75 Å². The lowest BCUT2D eigenvalue weighted by atomic mass is 9.78. The summed E-state index contributed by atoms with van der Waals surface area (Å²) in [6, 6.07) is 3.75. The van der Waals surface area contributed by atoms with Crippen molar-refractivity contribution in [1.29, 1.82) is 0 Å². The maximum atomic E-state index is 11.8. The number of hydrogen-bond acceptors (Lipinski definition) is 5. The van der Waals surface area contributed by atoms with Crippen LogP contribution in [0.25, 0.3) is 6.08 Å². The molecule has 0 saturated carbocycles. The van der Waals surface area contributed by atoms with Gasteiger partial charge in [0.1, 0.15) is 12.3 Å². The van der Waals surface area contributed by atoms with Crippen molar-refractivity contribution >= 4 is 28.2 Å². The van der Waals surface area contributed by atoms with E-state index in [0.29, 0.717) is 17.5 Å². The number of nitrogens with one attached hydrogen (secondary N) is 1. The summed E-state index contributed by atoms with van der Waals surface area (Å²) in [6.07, 6.45) is 1.67. The number of phenolic OH excluding ortho intramolecular Hbond substituents is 1. The molecule has 2 rings (SSSR count). The molecule has 0 spiro atoms. The lowest BCUT2D eigenvalue weighted by Gasteiger charge is -2.28. The summed E-state index contributed by atoms with van der Waals surface area (Å²) in [5, 5.41) is 21.0. The number of likely N-dealkylation sites (N-methyl/N-ethyl adjacent to an activating group) is 1. The lowest BCUT2D eigenvalue weighted by Crippen LogP contribution is -2.36. The molecule has 1 fully saturated rings. The van der Waals surface area contributed by atoms with Crippen LogP contribution in [-0.2, 0) is 15.6 Å². The van der Waals surface area contributed by atoms with Gasteiger partial charge in [-0.3, -0.25) is 9.59 Å². The van der Waals surface area contributed by atoms with E-state index in [1.165, 1.54) is 0 Å². The first-order valence-corrected chi connectivity index (χ1v) is 10.8. The van der Waals surface area contributed by atoms with Crippen LogP contribution < -0.4 is 5.32 Å². The number of thioether (sulfide) groups is 1. The van der Waals surface area contributed by atoms with Crippen LogP contribution >= 0.6 is 11.8 Å². The van der Waals surface area contributed by atoms with Crippen LogP contribution in [0.1, 0.15) is 58.2 Å². The third-order valence-corrected chi connectivity index (χ3v) is 5.16. The van der Waals surface area contributed by atoms with Gasteiger partial charge in [-0.05, 0) is 34.6 Å². The molecule has 0 bridgehead atoms. The van der Waals surface area contributed by atoms with E-state index in [9.17, 15) is 14.7 Å². The summed E-state index contributed by atoms with van der Waals surface area (Å²) in [5.41, 5.74) is 2.24. The topological polar surface area (TPSA) is 86.6 Å². The summed E-state index contributed by atoms with van der Waals surface area (Å²) >= 11 is 0.664. The van der Waals surface area contributed by atoms with Crippen molar-refractivity contribution in [3.05, 3.63) is 34.5 Å². The van der Waals surface area contributed by atoms with Crippen LogP contribution in [-0.4, -0.2) is 59.3 Å². The Kier molecular flexibility index (Phi) is 8.33. The van der Waals surface area contributed by atoms with Gasteiger partial charge >= 0.3 is 0 Å². The van der Waals surface area contributed by atoms with Gasteiger partial charge in [-0.25, -0.2) is 0 Å². The maximum Gasteiger partial charge on any atom is 0.291 e. The number of nitrogens with zero attached hydrogens (tertiary/aromatic N) is 1. The minimum Gasteiger partial charge on any atom is -0.507 e. The van der Waals surface area contributed by atoms with Crippen molar-refractivity contribution in [2.45, 2.75) is 52.4 Å². The second-order valence-electron chi connectivity index (χ2n) is 10.6. The van der Waals surface area contributed by atoms with Gasteiger partial charge in [0, 0.05) is 22.9 Å². The van der Waals surface area contributed by atoms with E-state index in [1.807, 2.05) is 53.7 Å². The third-order valence-electron chi connectivity index (χ3n) is 4.47. The first kappa shape index (κ1) is 26.2.